The second-order valence-corrected chi connectivity index (χ2v) is 1.77. The van der Waals surface area contributed by atoms with Crippen LogP contribution in [0.4, 0.5) is 0 Å². The second-order valence-electron chi connectivity index (χ2n) is 1.77. The molecule has 0 saturated heterocycles. The molecular formula is C6H16O4. The number of aliphatic hydroxyl groups excluding tert-OH is 2. The highest BCUT2D eigenvalue weighted by atomic mass is 16.5. The van der Waals surface area contributed by atoms with E-state index in [1.165, 1.54) is 0 Å². The van der Waals surface area contributed by atoms with Crippen molar-refractivity contribution >= 4 is 0 Å². The van der Waals surface area contributed by atoms with Crippen molar-refractivity contribution in [3.8, 4) is 0 Å². The molecule has 0 aliphatic heterocycles. The monoisotopic (exact) mass is 152 g/mol. The van der Waals surface area contributed by atoms with Gasteiger partial charge in [-0.15, -0.1) is 0 Å². The molecule has 0 spiro atoms. The summed E-state index contributed by atoms with van der Waals surface area (Å²) in [4.78, 5) is 0. The molecule has 4 N–H and O–H groups in total. The van der Waals surface area contributed by atoms with Crippen LogP contribution in [0.2, 0.25) is 0 Å². The van der Waals surface area contributed by atoms with Crippen LogP contribution in [0.3, 0.4) is 0 Å². The van der Waals surface area contributed by atoms with Gasteiger partial charge in [-0.1, -0.05) is 0 Å². The molecule has 4 nitrogen and oxygen atoms in total. The third-order valence-electron chi connectivity index (χ3n) is 0.894. The van der Waals surface area contributed by atoms with Gasteiger partial charge in [0.2, 0.25) is 0 Å². The molecule has 0 atom stereocenters. The van der Waals surface area contributed by atoms with E-state index in [2.05, 4.69) is 0 Å². The average Bonchev–Trinajstić information content (AvgIpc) is 1.89. The first-order valence-electron chi connectivity index (χ1n) is 3.21. The van der Waals surface area contributed by atoms with E-state index in [4.69, 9.17) is 14.9 Å². The van der Waals surface area contributed by atoms with Crippen LogP contribution in [0.5, 0.6) is 0 Å². The zero-order valence-corrected chi connectivity index (χ0v) is 6.05. The van der Waals surface area contributed by atoms with E-state index >= 15 is 0 Å². The lowest BCUT2D eigenvalue weighted by atomic mass is 10.5. The van der Waals surface area contributed by atoms with E-state index < -0.39 is 0 Å². The van der Waals surface area contributed by atoms with Crippen molar-refractivity contribution in [1.82, 2.24) is 0 Å². The van der Waals surface area contributed by atoms with E-state index in [-0.39, 0.29) is 18.7 Å². The van der Waals surface area contributed by atoms with E-state index in [1.807, 2.05) is 0 Å². The Kier molecular flexibility index (Phi) is 14.5. The fourth-order valence-electron chi connectivity index (χ4n) is 0.435. The van der Waals surface area contributed by atoms with Crippen LogP contribution in [0.1, 0.15) is 12.8 Å². The number of aliphatic hydroxyl groups is 2. The highest BCUT2D eigenvalue weighted by Gasteiger charge is 1.85. The number of hydrogen-bond donors (Lipinski definition) is 2. The molecule has 0 aromatic heterocycles. The van der Waals surface area contributed by atoms with E-state index in [1.54, 1.807) is 0 Å². The van der Waals surface area contributed by atoms with Crippen LogP contribution >= 0.6 is 0 Å². The zero-order valence-electron chi connectivity index (χ0n) is 6.05. The molecule has 0 unspecified atom stereocenters. The average molecular weight is 152 g/mol. The summed E-state index contributed by atoms with van der Waals surface area (Å²) in [6, 6.07) is 0. The van der Waals surface area contributed by atoms with Gasteiger partial charge in [0.25, 0.3) is 0 Å². The van der Waals surface area contributed by atoms with Gasteiger partial charge in [0.15, 0.2) is 0 Å². The quantitative estimate of drug-likeness (QED) is 0.476. The van der Waals surface area contributed by atoms with Crippen molar-refractivity contribution in [3.63, 3.8) is 0 Å². The van der Waals surface area contributed by atoms with Crippen LogP contribution in [0, 0.1) is 0 Å². The summed E-state index contributed by atoms with van der Waals surface area (Å²) in [6.07, 6.45) is 1.37. The molecule has 0 rings (SSSR count). The Hall–Kier alpha value is -0.160. The minimum Gasteiger partial charge on any atom is -0.412 e. The van der Waals surface area contributed by atoms with E-state index in [0.29, 0.717) is 26.1 Å². The number of ether oxygens (including phenoxy) is 1. The third-order valence-corrected chi connectivity index (χ3v) is 0.894. The molecule has 0 aliphatic carbocycles. The van der Waals surface area contributed by atoms with Crippen molar-refractivity contribution in [1.29, 1.82) is 0 Å². The van der Waals surface area contributed by atoms with Gasteiger partial charge in [0, 0.05) is 26.4 Å². The molecule has 0 fully saturated rings. The Balaban J connectivity index is 0. The maximum absolute atomic E-state index is 8.29. The van der Waals surface area contributed by atoms with E-state index in [9.17, 15) is 0 Å². The minimum absolute atomic E-state index is 0. The van der Waals surface area contributed by atoms with Gasteiger partial charge < -0.3 is 20.4 Å². The molecule has 0 radical (unpaired) electrons. The SMILES string of the molecule is O.OCCCOCCCO. The van der Waals surface area contributed by atoms with Crippen molar-refractivity contribution in [2.45, 2.75) is 12.8 Å². The zero-order chi connectivity index (χ0) is 6.95. The Morgan fingerprint density at radius 2 is 1.30 bits per heavy atom. The second kappa shape index (κ2) is 11.6. The fraction of sp³-hybridized carbons (Fsp3) is 1.00. The first kappa shape index (κ1) is 12.5. The van der Waals surface area contributed by atoms with Crippen molar-refractivity contribution in [3.05, 3.63) is 0 Å². The maximum atomic E-state index is 8.29. The summed E-state index contributed by atoms with van der Waals surface area (Å²) < 4.78 is 4.99. The summed E-state index contributed by atoms with van der Waals surface area (Å²) in [5.41, 5.74) is 0. The molecule has 0 aromatic rings. The van der Waals surface area contributed by atoms with Gasteiger partial charge in [-0.05, 0) is 12.8 Å². The highest BCUT2D eigenvalue weighted by molar-refractivity contribution is 4.33. The Bertz CT molecular complexity index is 43.0. The van der Waals surface area contributed by atoms with Gasteiger partial charge in [-0.2, -0.15) is 0 Å². The van der Waals surface area contributed by atoms with Gasteiger partial charge in [-0.25, -0.2) is 0 Å². The molecule has 4 heteroatoms. The van der Waals surface area contributed by atoms with Gasteiger partial charge in [0.1, 0.15) is 0 Å². The lowest BCUT2D eigenvalue weighted by Gasteiger charge is -1.99. The summed E-state index contributed by atoms with van der Waals surface area (Å²) >= 11 is 0. The van der Waals surface area contributed by atoms with E-state index in [0.717, 1.165) is 0 Å². The minimum atomic E-state index is 0. The smallest absolute Gasteiger partial charge is 0.0487 e. The molecule has 0 heterocycles. The standard InChI is InChI=1S/C6H14O3.H2O/c7-3-1-5-9-6-2-4-8;/h7-8H,1-6H2;1H2. The third kappa shape index (κ3) is 10.8. The summed E-state index contributed by atoms with van der Waals surface area (Å²) in [5.74, 6) is 0. The molecule has 64 valence electrons. The first-order chi connectivity index (χ1) is 4.41. The molecule has 0 bridgehead atoms. The van der Waals surface area contributed by atoms with Crippen molar-refractivity contribution < 1.29 is 20.4 Å². The highest BCUT2D eigenvalue weighted by Crippen LogP contribution is 1.83. The normalized spacial score (nSPS) is 9.00. The molecule has 0 saturated carbocycles. The lowest BCUT2D eigenvalue weighted by Crippen LogP contribution is -2.00. The Morgan fingerprint density at radius 3 is 1.60 bits per heavy atom. The van der Waals surface area contributed by atoms with Crippen molar-refractivity contribution in [2.75, 3.05) is 26.4 Å². The lowest BCUT2D eigenvalue weighted by molar-refractivity contribution is 0.102. The predicted octanol–water partition coefficient (Wildman–Crippen LogP) is -1.06. The number of hydrogen-bond acceptors (Lipinski definition) is 3. The summed E-state index contributed by atoms with van der Waals surface area (Å²) in [7, 11) is 0. The maximum Gasteiger partial charge on any atom is 0.0487 e. The van der Waals surface area contributed by atoms with Crippen molar-refractivity contribution in [2.24, 2.45) is 0 Å². The topological polar surface area (TPSA) is 81.2 Å². The summed E-state index contributed by atoms with van der Waals surface area (Å²) in [6.45, 7) is 1.55. The van der Waals surface area contributed by atoms with Gasteiger partial charge >= 0.3 is 0 Å². The van der Waals surface area contributed by atoms with Gasteiger partial charge in [-0.3, -0.25) is 0 Å². The molecular weight excluding hydrogens is 136 g/mol. The molecule has 0 amide bonds. The van der Waals surface area contributed by atoms with Crippen LogP contribution in [0.25, 0.3) is 0 Å². The molecule has 10 heavy (non-hydrogen) atoms. The largest absolute Gasteiger partial charge is 0.412 e. The molecule has 0 aromatic carbocycles. The number of rotatable bonds is 6. The Labute approximate surface area is 60.7 Å². The van der Waals surface area contributed by atoms with Crippen LogP contribution in [-0.2, 0) is 4.74 Å². The molecule has 0 aliphatic rings. The fourth-order valence-corrected chi connectivity index (χ4v) is 0.435. The predicted molar refractivity (Wildman–Crippen MR) is 37.8 cm³/mol. The van der Waals surface area contributed by atoms with Gasteiger partial charge in [0.05, 0.1) is 0 Å². The first-order valence-corrected chi connectivity index (χ1v) is 3.21. The van der Waals surface area contributed by atoms with Crippen LogP contribution in [0.15, 0.2) is 0 Å². The van der Waals surface area contributed by atoms with Crippen LogP contribution < -0.4 is 0 Å². The Morgan fingerprint density at radius 1 is 0.900 bits per heavy atom. The van der Waals surface area contributed by atoms with Crippen LogP contribution in [-0.4, -0.2) is 42.1 Å². The summed E-state index contributed by atoms with van der Waals surface area (Å²) in [5, 5.41) is 16.6.